The number of hydrogen-bond acceptors (Lipinski definition) is 4. The first-order valence-electron chi connectivity index (χ1n) is 7.56. The summed E-state index contributed by atoms with van der Waals surface area (Å²) in [5.74, 6) is 0.636. The summed E-state index contributed by atoms with van der Waals surface area (Å²) < 4.78 is 2.05. The first-order valence-corrected chi connectivity index (χ1v) is 7.56. The number of nitrogen functional groups attached to an aromatic ring is 1. The van der Waals surface area contributed by atoms with Crippen molar-refractivity contribution in [3.05, 3.63) is 12.3 Å². The van der Waals surface area contributed by atoms with Crippen molar-refractivity contribution in [1.29, 1.82) is 0 Å². The molecule has 0 amide bonds. The Morgan fingerprint density at radius 3 is 2.26 bits per heavy atom. The predicted molar refractivity (Wildman–Crippen MR) is 77.0 cm³/mol. The normalized spacial score (nSPS) is 23.2. The van der Waals surface area contributed by atoms with Gasteiger partial charge in [0, 0.05) is 32.4 Å². The average molecular weight is 263 g/mol. The molecule has 1 aromatic rings. The Hall–Kier alpha value is -1.07. The second-order valence-electron chi connectivity index (χ2n) is 5.84. The van der Waals surface area contributed by atoms with Crippen LogP contribution in [-0.2, 0) is 0 Å². The van der Waals surface area contributed by atoms with Crippen molar-refractivity contribution in [1.82, 2.24) is 19.6 Å². The largest absolute Gasteiger partial charge is 0.382 e. The van der Waals surface area contributed by atoms with Gasteiger partial charge in [0.1, 0.15) is 5.82 Å². The van der Waals surface area contributed by atoms with E-state index in [-0.39, 0.29) is 0 Å². The van der Waals surface area contributed by atoms with E-state index in [1.807, 2.05) is 16.9 Å². The van der Waals surface area contributed by atoms with Gasteiger partial charge in [-0.3, -0.25) is 4.68 Å². The van der Waals surface area contributed by atoms with Crippen LogP contribution in [0.4, 0.5) is 5.82 Å². The Bertz CT molecular complexity index is 388. The SMILES string of the molecule is Nc1ccn(C2CCN(CCN3CCCC3)CC2)n1. The molecule has 0 aliphatic carbocycles. The van der Waals surface area contributed by atoms with Crippen LogP contribution in [0.25, 0.3) is 0 Å². The summed E-state index contributed by atoms with van der Waals surface area (Å²) in [7, 11) is 0. The van der Waals surface area contributed by atoms with Gasteiger partial charge in [-0.2, -0.15) is 5.10 Å². The molecule has 106 valence electrons. The van der Waals surface area contributed by atoms with E-state index in [0.29, 0.717) is 11.9 Å². The third-order valence-corrected chi connectivity index (χ3v) is 4.49. The van der Waals surface area contributed by atoms with E-state index in [9.17, 15) is 0 Å². The zero-order chi connectivity index (χ0) is 13.1. The molecule has 0 unspecified atom stereocenters. The van der Waals surface area contributed by atoms with Crippen LogP contribution in [0.2, 0.25) is 0 Å². The summed E-state index contributed by atoms with van der Waals surface area (Å²) in [4.78, 5) is 5.20. The molecule has 2 aliphatic heterocycles. The van der Waals surface area contributed by atoms with Gasteiger partial charge in [-0.1, -0.05) is 0 Å². The number of piperidine rings is 1. The molecule has 5 heteroatoms. The molecule has 5 nitrogen and oxygen atoms in total. The summed E-state index contributed by atoms with van der Waals surface area (Å²) in [5.41, 5.74) is 5.68. The van der Waals surface area contributed by atoms with Crippen LogP contribution in [0, 0.1) is 0 Å². The number of aromatic nitrogens is 2. The molecule has 2 aliphatic rings. The van der Waals surface area contributed by atoms with Crippen molar-refractivity contribution in [3.8, 4) is 0 Å². The van der Waals surface area contributed by atoms with Gasteiger partial charge in [0.15, 0.2) is 0 Å². The summed E-state index contributed by atoms with van der Waals surface area (Å²) >= 11 is 0. The number of anilines is 1. The monoisotopic (exact) mass is 263 g/mol. The van der Waals surface area contributed by atoms with Gasteiger partial charge in [-0.05, 0) is 44.8 Å². The van der Waals surface area contributed by atoms with Crippen LogP contribution < -0.4 is 5.73 Å². The van der Waals surface area contributed by atoms with E-state index in [0.717, 1.165) is 0 Å². The topological polar surface area (TPSA) is 50.3 Å². The minimum atomic E-state index is 0.542. The van der Waals surface area contributed by atoms with Crippen molar-refractivity contribution in [2.24, 2.45) is 0 Å². The highest BCUT2D eigenvalue weighted by Crippen LogP contribution is 2.22. The molecular formula is C14H25N5. The molecule has 0 saturated carbocycles. The lowest BCUT2D eigenvalue weighted by Gasteiger charge is -2.33. The summed E-state index contributed by atoms with van der Waals surface area (Å²) in [5, 5.41) is 4.34. The lowest BCUT2D eigenvalue weighted by atomic mass is 10.1. The highest BCUT2D eigenvalue weighted by Gasteiger charge is 2.21. The Morgan fingerprint density at radius 1 is 1.05 bits per heavy atom. The number of rotatable bonds is 4. The molecule has 0 bridgehead atoms. The van der Waals surface area contributed by atoms with Gasteiger partial charge in [0.2, 0.25) is 0 Å². The lowest BCUT2D eigenvalue weighted by Crippen LogP contribution is -2.39. The maximum atomic E-state index is 5.68. The second-order valence-corrected chi connectivity index (χ2v) is 5.84. The van der Waals surface area contributed by atoms with Gasteiger partial charge in [-0.15, -0.1) is 0 Å². The van der Waals surface area contributed by atoms with Crippen molar-refractivity contribution < 1.29 is 0 Å². The molecule has 2 saturated heterocycles. The predicted octanol–water partition coefficient (Wildman–Crippen LogP) is 1.20. The van der Waals surface area contributed by atoms with E-state index in [1.165, 1.54) is 65.0 Å². The third kappa shape index (κ3) is 3.28. The van der Waals surface area contributed by atoms with E-state index in [2.05, 4.69) is 14.9 Å². The fourth-order valence-corrected chi connectivity index (χ4v) is 3.25. The Morgan fingerprint density at radius 2 is 1.68 bits per heavy atom. The van der Waals surface area contributed by atoms with Crippen molar-refractivity contribution in [3.63, 3.8) is 0 Å². The van der Waals surface area contributed by atoms with Gasteiger partial charge >= 0.3 is 0 Å². The maximum Gasteiger partial charge on any atom is 0.145 e. The minimum absolute atomic E-state index is 0.542. The molecular weight excluding hydrogens is 238 g/mol. The minimum Gasteiger partial charge on any atom is -0.382 e. The van der Waals surface area contributed by atoms with Crippen molar-refractivity contribution in [2.75, 3.05) is 45.0 Å². The number of likely N-dealkylation sites (tertiary alicyclic amines) is 2. The van der Waals surface area contributed by atoms with E-state index < -0.39 is 0 Å². The van der Waals surface area contributed by atoms with Crippen LogP contribution in [-0.4, -0.2) is 58.8 Å². The van der Waals surface area contributed by atoms with Gasteiger partial charge in [0.05, 0.1) is 6.04 Å². The molecule has 0 aromatic carbocycles. The Kier molecular flexibility index (Phi) is 4.03. The summed E-state index contributed by atoms with van der Waals surface area (Å²) in [6, 6.07) is 2.43. The molecule has 0 radical (unpaired) electrons. The zero-order valence-corrected chi connectivity index (χ0v) is 11.7. The van der Waals surface area contributed by atoms with E-state index in [4.69, 9.17) is 5.73 Å². The first-order chi connectivity index (χ1) is 9.31. The fourth-order valence-electron chi connectivity index (χ4n) is 3.25. The van der Waals surface area contributed by atoms with E-state index >= 15 is 0 Å². The highest BCUT2D eigenvalue weighted by atomic mass is 15.3. The highest BCUT2D eigenvalue weighted by molar-refractivity contribution is 5.24. The standard InChI is InChI=1S/C14H25N5/c15-14-5-10-19(16-14)13-3-8-18(9-4-13)12-11-17-6-1-2-7-17/h5,10,13H,1-4,6-9,11-12H2,(H2,15,16). The molecule has 2 N–H and O–H groups in total. The Labute approximate surface area is 115 Å². The lowest BCUT2D eigenvalue weighted by molar-refractivity contribution is 0.161. The van der Waals surface area contributed by atoms with Gasteiger partial charge < -0.3 is 15.5 Å². The fraction of sp³-hybridized carbons (Fsp3) is 0.786. The number of nitrogens with zero attached hydrogens (tertiary/aromatic N) is 4. The average Bonchev–Trinajstić information content (AvgIpc) is 3.08. The molecule has 0 spiro atoms. The number of nitrogens with two attached hydrogens (primary N) is 1. The van der Waals surface area contributed by atoms with Gasteiger partial charge in [0.25, 0.3) is 0 Å². The van der Waals surface area contributed by atoms with Crippen molar-refractivity contribution in [2.45, 2.75) is 31.7 Å². The third-order valence-electron chi connectivity index (χ3n) is 4.49. The van der Waals surface area contributed by atoms with Crippen LogP contribution in [0.15, 0.2) is 12.3 Å². The zero-order valence-electron chi connectivity index (χ0n) is 11.7. The number of hydrogen-bond donors (Lipinski definition) is 1. The first kappa shape index (κ1) is 12.9. The van der Waals surface area contributed by atoms with Crippen LogP contribution >= 0.6 is 0 Å². The second kappa shape index (κ2) is 5.92. The summed E-state index contributed by atoms with van der Waals surface area (Å²) in [6.45, 7) is 7.48. The molecule has 19 heavy (non-hydrogen) atoms. The van der Waals surface area contributed by atoms with Crippen LogP contribution in [0.5, 0.6) is 0 Å². The molecule has 2 fully saturated rings. The van der Waals surface area contributed by atoms with Crippen molar-refractivity contribution >= 4 is 5.82 Å². The van der Waals surface area contributed by atoms with Crippen LogP contribution in [0.3, 0.4) is 0 Å². The van der Waals surface area contributed by atoms with Crippen LogP contribution in [0.1, 0.15) is 31.7 Å². The molecule has 3 heterocycles. The Balaban J connectivity index is 1.41. The quantitative estimate of drug-likeness (QED) is 0.887. The van der Waals surface area contributed by atoms with E-state index in [1.54, 1.807) is 0 Å². The smallest absolute Gasteiger partial charge is 0.145 e. The van der Waals surface area contributed by atoms with Gasteiger partial charge in [-0.25, -0.2) is 0 Å². The molecule has 1 aromatic heterocycles. The summed E-state index contributed by atoms with van der Waals surface area (Å²) in [6.07, 6.45) is 7.19. The molecule has 0 atom stereocenters. The maximum absolute atomic E-state index is 5.68. The molecule has 3 rings (SSSR count).